The van der Waals surface area contributed by atoms with Crippen LogP contribution in [-0.2, 0) is 20.9 Å². The van der Waals surface area contributed by atoms with Gasteiger partial charge in [-0.25, -0.2) is 0 Å². The van der Waals surface area contributed by atoms with Crippen molar-refractivity contribution in [1.29, 1.82) is 0 Å². The van der Waals surface area contributed by atoms with Gasteiger partial charge >= 0.3 is 5.97 Å². The van der Waals surface area contributed by atoms with Crippen LogP contribution in [-0.4, -0.2) is 18.2 Å². The van der Waals surface area contributed by atoms with Crippen LogP contribution in [0.3, 0.4) is 0 Å². The molecule has 0 heterocycles. The van der Waals surface area contributed by atoms with E-state index in [2.05, 4.69) is 19.1 Å². The lowest BCUT2D eigenvalue weighted by Gasteiger charge is -2.31. The predicted molar refractivity (Wildman–Crippen MR) is 94.5 cm³/mol. The van der Waals surface area contributed by atoms with E-state index in [1.165, 1.54) is 18.4 Å². The number of hydrogen-bond donors (Lipinski definition) is 0. The Morgan fingerprint density at radius 2 is 1.54 bits per heavy atom. The van der Waals surface area contributed by atoms with E-state index in [9.17, 15) is 4.79 Å². The van der Waals surface area contributed by atoms with Crippen LogP contribution in [0.2, 0.25) is 0 Å². The van der Waals surface area contributed by atoms with Crippen molar-refractivity contribution in [3.8, 4) is 0 Å². The molecular formula is C21H30O3. The molecule has 2 saturated carbocycles. The van der Waals surface area contributed by atoms with Crippen LogP contribution in [0.25, 0.3) is 0 Å². The number of ether oxygens (including phenoxy) is 2. The molecule has 0 radical (unpaired) electrons. The molecule has 0 N–H and O–H groups in total. The van der Waals surface area contributed by atoms with Crippen molar-refractivity contribution >= 4 is 5.97 Å². The average molecular weight is 330 g/mol. The fraction of sp³-hybridized carbons (Fsp3) is 0.667. The molecule has 24 heavy (non-hydrogen) atoms. The number of hydrogen-bond acceptors (Lipinski definition) is 3. The first-order valence-corrected chi connectivity index (χ1v) is 9.56. The third-order valence-corrected chi connectivity index (χ3v) is 5.58. The van der Waals surface area contributed by atoms with Crippen molar-refractivity contribution in [2.45, 2.75) is 77.1 Å². The molecule has 0 bridgehead atoms. The lowest BCUT2D eigenvalue weighted by atomic mass is 9.83. The Morgan fingerprint density at radius 1 is 0.917 bits per heavy atom. The highest BCUT2D eigenvalue weighted by Crippen LogP contribution is 2.31. The molecule has 2 fully saturated rings. The molecule has 0 aromatic heterocycles. The predicted octanol–water partition coefficient (Wildman–Crippen LogP) is 4.88. The molecule has 0 aliphatic heterocycles. The minimum atomic E-state index is 0.0514. The molecule has 1 aromatic carbocycles. The Morgan fingerprint density at radius 3 is 2.21 bits per heavy atom. The summed E-state index contributed by atoms with van der Waals surface area (Å²) in [7, 11) is 0. The van der Waals surface area contributed by atoms with Crippen molar-refractivity contribution < 1.29 is 14.3 Å². The molecule has 132 valence electrons. The third-order valence-electron chi connectivity index (χ3n) is 5.58. The maximum Gasteiger partial charge on any atom is 0.309 e. The quantitative estimate of drug-likeness (QED) is 0.722. The minimum absolute atomic E-state index is 0.0514. The number of rotatable bonds is 5. The fourth-order valence-electron chi connectivity index (χ4n) is 3.86. The summed E-state index contributed by atoms with van der Waals surface area (Å²) in [6, 6.07) is 10.3. The number of esters is 1. The van der Waals surface area contributed by atoms with E-state index in [-0.39, 0.29) is 18.0 Å². The summed E-state index contributed by atoms with van der Waals surface area (Å²) in [6.45, 7) is 2.95. The lowest BCUT2D eigenvalue weighted by Crippen LogP contribution is -2.31. The summed E-state index contributed by atoms with van der Waals surface area (Å²) < 4.78 is 11.8. The molecule has 0 spiro atoms. The molecule has 3 nitrogen and oxygen atoms in total. The summed E-state index contributed by atoms with van der Waals surface area (Å²) in [5.41, 5.74) is 1.22. The van der Waals surface area contributed by atoms with Crippen LogP contribution in [0.1, 0.15) is 63.9 Å². The van der Waals surface area contributed by atoms with Gasteiger partial charge in [-0.05, 0) is 62.8 Å². The molecule has 3 rings (SSSR count). The molecule has 0 atom stereocenters. The van der Waals surface area contributed by atoms with E-state index < -0.39 is 0 Å². The Labute approximate surface area is 145 Å². The molecule has 1 aromatic rings. The van der Waals surface area contributed by atoms with E-state index in [0.717, 1.165) is 44.4 Å². The molecule has 3 heteroatoms. The summed E-state index contributed by atoms with van der Waals surface area (Å²) in [4.78, 5) is 12.3. The topological polar surface area (TPSA) is 35.5 Å². The lowest BCUT2D eigenvalue weighted by molar-refractivity contribution is -0.158. The highest BCUT2D eigenvalue weighted by molar-refractivity contribution is 5.72. The summed E-state index contributed by atoms with van der Waals surface area (Å²) in [5.74, 6) is 0.968. The number of carbonyl (C=O) groups excluding carboxylic acids is 1. The maximum absolute atomic E-state index is 12.3. The maximum atomic E-state index is 12.3. The monoisotopic (exact) mass is 330 g/mol. The van der Waals surface area contributed by atoms with E-state index in [4.69, 9.17) is 9.47 Å². The van der Waals surface area contributed by atoms with Gasteiger partial charge in [0.2, 0.25) is 0 Å². The minimum Gasteiger partial charge on any atom is -0.462 e. The summed E-state index contributed by atoms with van der Waals surface area (Å²) in [6.07, 6.45) is 8.62. The van der Waals surface area contributed by atoms with E-state index in [0.29, 0.717) is 12.7 Å². The van der Waals surface area contributed by atoms with Gasteiger partial charge in [0.25, 0.3) is 0 Å². The van der Waals surface area contributed by atoms with Crippen LogP contribution >= 0.6 is 0 Å². The number of benzene rings is 1. The van der Waals surface area contributed by atoms with Gasteiger partial charge in [-0.3, -0.25) is 4.79 Å². The molecule has 0 unspecified atom stereocenters. The molecule has 0 amide bonds. The van der Waals surface area contributed by atoms with Crippen LogP contribution < -0.4 is 0 Å². The highest BCUT2D eigenvalue weighted by atomic mass is 16.5. The van der Waals surface area contributed by atoms with Gasteiger partial charge in [-0.2, -0.15) is 0 Å². The van der Waals surface area contributed by atoms with E-state index >= 15 is 0 Å². The smallest absolute Gasteiger partial charge is 0.309 e. The first-order valence-electron chi connectivity index (χ1n) is 9.56. The second-order valence-electron chi connectivity index (χ2n) is 7.59. The zero-order valence-corrected chi connectivity index (χ0v) is 14.8. The summed E-state index contributed by atoms with van der Waals surface area (Å²) >= 11 is 0. The highest BCUT2D eigenvalue weighted by Gasteiger charge is 2.29. The standard InChI is InChI=1S/C21H30O3/c1-16-7-9-18(10-8-16)21(22)24-20-13-11-19(12-14-20)23-15-17-5-3-2-4-6-17/h2-6,16,18-20H,7-15H2,1H3. The second-order valence-corrected chi connectivity index (χ2v) is 7.59. The van der Waals surface area contributed by atoms with Gasteiger partial charge in [-0.1, -0.05) is 37.3 Å². The zero-order chi connectivity index (χ0) is 16.8. The number of carbonyl (C=O) groups is 1. The van der Waals surface area contributed by atoms with Crippen molar-refractivity contribution in [1.82, 2.24) is 0 Å². The van der Waals surface area contributed by atoms with Gasteiger partial charge in [0, 0.05) is 0 Å². The van der Waals surface area contributed by atoms with E-state index in [1.54, 1.807) is 0 Å². The second kappa shape index (κ2) is 8.66. The molecule has 2 aliphatic rings. The van der Waals surface area contributed by atoms with Crippen LogP contribution in [0, 0.1) is 11.8 Å². The van der Waals surface area contributed by atoms with Gasteiger partial charge < -0.3 is 9.47 Å². The molecule has 0 saturated heterocycles. The summed E-state index contributed by atoms with van der Waals surface area (Å²) in [5, 5.41) is 0. The first-order chi connectivity index (χ1) is 11.7. The van der Waals surface area contributed by atoms with Crippen LogP contribution in [0.5, 0.6) is 0 Å². The van der Waals surface area contributed by atoms with Gasteiger partial charge in [0.1, 0.15) is 6.10 Å². The third kappa shape index (κ3) is 5.07. The fourth-order valence-corrected chi connectivity index (χ4v) is 3.86. The Kier molecular flexibility index (Phi) is 6.30. The average Bonchev–Trinajstić information content (AvgIpc) is 2.62. The Balaban J connectivity index is 1.35. The largest absolute Gasteiger partial charge is 0.462 e. The normalized spacial score (nSPS) is 30.7. The van der Waals surface area contributed by atoms with Gasteiger partial charge in [0.15, 0.2) is 0 Å². The Bertz CT molecular complexity index is 497. The van der Waals surface area contributed by atoms with Gasteiger partial charge in [-0.15, -0.1) is 0 Å². The van der Waals surface area contributed by atoms with Crippen LogP contribution in [0.15, 0.2) is 30.3 Å². The SMILES string of the molecule is CC1CCC(C(=O)OC2CCC(OCc3ccccc3)CC2)CC1. The van der Waals surface area contributed by atoms with Crippen molar-refractivity contribution in [2.24, 2.45) is 11.8 Å². The van der Waals surface area contributed by atoms with Crippen molar-refractivity contribution in [2.75, 3.05) is 0 Å². The Hall–Kier alpha value is -1.35. The van der Waals surface area contributed by atoms with Crippen molar-refractivity contribution in [3.63, 3.8) is 0 Å². The van der Waals surface area contributed by atoms with E-state index in [1.807, 2.05) is 18.2 Å². The molecule has 2 aliphatic carbocycles. The zero-order valence-electron chi connectivity index (χ0n) is 14.8. The molecular weight excluding hydrogens is 300 g/mol. The van der Waals surface area contributed by atoms with Gasteiger partial charge in [0.05, 0.1) is 18.6 Å². The van der Waals surface area contributed by atoms with Crippen LogP contribution in [0.4, 0.5) is 0 Å². The first kappa shape index (κ1) is 17.5. The van der Waals surface area contributed by atoms with Crippen molar-refractivity contribution in [3.05, 3.63) is 35.9 Å².